The average Bonchev–Trinajstić information content (AvgIpc) is 3.25. The predicted octanol–water partition coefficient (Wildman–Crippen LogP) is 3.90. The Balaban J connectivity index is 1.84. The van der Waals surface area contributed by atoms with Gasteiger partial charge < -0.3 is 9.88 Å². The number of benzene rings is 2. The van der Waals surface area contributed by atoms with Crippen molar-refractivity contribution in [3.8, 4) is 0 Å². The standard InChI is InChI=1S/C21H19ClF2N2O3S/c1-26(2)20(27)21(24,30(28,29)15-5-3-4-14(23)11-15)12-8-16-17-10-13(22)6-7-18(17)25-19(16)9-12/h3-7,10-12,25H,8-9H2,1-2H3. The van der Waals surface area contributed by atoms with Crippen LogP contribution in [0.25, 0.3) is 10.9 Å². The molecule has 1 aliphatic rings. The first kappa shape index (κ1) is 20.8. The van der Waals surface area contributed by atoms with E-state index in [0.717, 1.165) is 39.6 Å². The Bertz CT molecular complexity index is 1270. The zero-order valence-corrected chi connectivity index (χ0v) is 17.8. The number of alkyl halides is 1. The average molecular weight is 453 g/mol. The SMILES string of the molecule is CN(C)C(=O)C(F)(C1Cc2[nH]c3ccc(Cl)cc3c2C1)S(=O)(=O)c1cccc(F)c1. The van der Waals surface area contributed by atoms with Crippen molar-refractivity contribution < 1.29 is 22.0 Å². The second-order valence-corrected chi connectivity index (χ2v) is 10.2. The lowest BCUT2D eigenvalue weighted by atomic mass is 9.97. The first-order valence-corrected chi connectivity index (χ1v) is 11.1. The van der Waals surface area contributed by atoms with Crippen molar-refractivity contribution >= 4 is 38.2 Å². The molecule has 0 bridgehead atoms. The number of nitrogens with one attached hydrogen (secondary N) is 1. The fourth-order valence-electron chi connectivity index (χ4n) is 4.13. The number of aromatic nitrogens is 1. The van der Waals surface area contributed by atoms with E-state index < -0.39 is 37.4 Å². The fourth-order valence-corrected chi connectivity index (χ4v) is 6.19. The highest BCUT2D eigenvalue weighted by atomic mass is 35.5. The highest BCUT2D eigenvalue weighted by Gasteiger charge is 2.60. The molecule has 1 aliphatic carbocycles. The van der Waals surface area contributed by atoms with Crippen LogP contribution in [0.15, 0.2) is 47.4 Å². The third-order valence-electron chi connectivity index (χ3n) is 5.58. The van der Waals surface area contributed by atoms with E-state index in [1.807, 2.05) is 0 Å². The molecule has 1 N–H and O–H groups in total. The number of H-pyrrole nitrogens is 1. The van der Waals surface area contributed by atoms with Gasteiger partial charge in [-0.25, -0.2) is 17.2 Å². The van der Waals surface area contributed by atoms with E-state index in [4.69, 9.17) is 11.6 Å². The molecular weight excluding hydrogens is 434 g/mol. The van der Waals surface area contributed by atoms with Gasteiger partial charge in [0.25, 0.3) is 10.9 Å². The van der Waals surface area contributed by atoms with Crippen molar-refractivity contribution in [1.82, 2.24) is 9.88 Å². The van der Waals surface area contributed by atoms with Gasteiger partial charge in [-0.15, -0.1) is 0 Å². The van der Waals surface area contributed by atoms with E-state index in [0.29, 0.717) is 10.7 Å². The van der Waals surface area contributed by atoms with Gasteiger partial charge in [0.1, 0.15) is 5.82 Å². The molecule has 0 saturated heterocycles. The molecular formula is C21H19ClF2N2O3S. The molecule has 2 unspecified atom stereocenters. The van der Waals surface area contributed by atoms with Gasteiger partial charge in [0.2, 0.25) is 9.84 Å². The van der Waals surface area contributed by atoms with Crippen LogP contribution in [-0.4, -0.2) is 43.3 Å². The second kappa shape index (κ2) is 7.06. The maximum atomic E-state index is 16.5. The summed E-state index contributed by atoms with van der Waals surface area (Å²) < 4.78 is 56.8. The lowest BCUT2D eigenvalue weighted by Gasteiger charge is -2.32. The summed E-state index contributed by atoms with van der Waals surface area (Å²) >= 11 is 6.08. The summed E-state index contributed by atoms with van der Waals surface area (Å²) in [7, 11) is -2.26. The molecule has 0 spiro atoms. The number of aromatic amines is 1. The quantitative estimate of drug-likeness (QED) is 0.652. The van der Waals surface area contributed by atoms with Crippen LogP contribution < -0.4 is 0 Å². The van der Waals surface area contributed by atoms with E-state index in [-0.39, 0.29) is 12.8 Å². The molecule has 5 nitrogen and oxygen atoms in total. The minimum absolute atomic E-state index is 0.0201. The number of carbonyl (C=O) groups excluding carboxylic acids is 1. The Morgan fingerprint density at radius 2 is 1.93 bits per heavy atom. The van der Waals surface area contributed by atoms with Gasteiger partial charge in [-0.05, 0) is 54.8 Å². The van der Waals surface area contributed by atoms with E-state index in [2.05, 4.69) is 4.98 Å². The number of rotatable bonds is 4. The molecule has 1 heterocycles. The molecule has 30 heavy (non-hydrogen) atoms. The molecule has 0 radical (unpaired) electrons. The molecule has 1 amide bonds. The van der Waals surface area contributed by atoms with E-state index >= 15 is 4.39 Å². The van der Waals surface area contributed by atoms with Crippen molar-refractivity contribution in [2.45, 2.75) is 22.7 Å². The van der Waals surface area contributed by atoms with Gasteiger partial charge in [0.05, 0.1) is 4.90 Å². The first-order chi connectivity index (χ1) is 14.1. The molecule has 158 valence electrons. The molecule has 3 aromatic rings. The van der Waals surface area contributed by atoms with Crippen LogP contribution in [0.1, 0.15) is 11.3 Å². The van der Waals surface area contributed by atoms with Gasteiger partial charge in [-0.3, -0.25) is 4.79 Å². The number of amides is 1. The maximum absolute atomic E-state index is 16.5. The molecule has 0 saturated carbocycles. The number of fused-ring (bicyclic) bond motifs is 3. The predicted molar refractivity (Wildman–Crippen MR) is 110 cm³/mol. The monoisotopic (exact) mass is 452 g/mol. The molecule has 2 aromatic carbocycles. The van der Waals surface area contributed by atoms with Crippen LogP contribution >= 0.6 is 11.6 Å². The number of halogens is 3. The van der Waals surface area contributed by atoms with Crippen LogP contribution in [0.3, 0.4) is 0 Å². The van der Waals surface area contributed by atoms with Crippen molar-refractivity contribution in [3.05, 3.63) is 64.6 Å². The van der Waals surface area contributed by atoms with E-state index in [9.17, 15) is 17.6 Å². The highest BCUT2D eigenvalue weighted by molar-refractivity contribution is 7.93. The molecule has 4 rings (SSSR count). The lowest BCUT2D eigenvalue weighted by Crippen LogP contribution is -2.54. The summed E-state index contributed by atoms with van der Waals surface area (Å²) in [6.45, 7) is 0. The number of sulfone groups is 1. The number of carbonyl (C=O) groups is 1. The Morgan fingerprint density at radius 1 is 1.20 bits per heavy atom. The third kappa shape index (κ3) is 3.01. The van der Waals surface area contributed by atoms with Gasteiger partial charge in [-0.1, -0.05) is 17.7 Å². The molecule has 0 fully saturated rings. The highest BCUT2D eigenvalue weighted by Crippen LogP contribution is 2.45. The molecule has 9 heteroatoms. The zero-order chi connectivity index (χ0) is 21.8. The smallest absolute Gasteiger partial charge is 0.295 e. The second-order valence-electron chi connectivity index (χ2n) is 7.68. The van der Waals surface area contributed by atoms with Crippen molar-refractivity contribution in [2.24, 2.45) is 5.92 Å². The summed E-state index contributed by atoms with van der Waals surface area (Å²) in [6, 6.07) is 9.30. The van der Waals surface area contributed by atoms with Crippen LogP contribution in [0.2, 0.25) is 5.02 Å². The van der Waals surface area contributed by atoms with Crippen LogP contribution in [0, 0.1) is 11.7 Å². The Morgan fingerprint density at radius 3 is 2.60 bits per heavy atom. The summed E-state index contributed by atoms with van der Waals surface area (Å²) in [6.07, 6.45) is 0.0482. The minimum Gasteiger partial charge on any atom is -0.358 e. The Labute approximate surface area is 177 Å². The zero-order valence-electron chi connectivity index (χ0n) is 16.2. The van der Waals surface area contributed by atoms with E-state index in [1.165, 1.54) is 20.2 Å². The summed E-state index contributed by atoms with van der Waals surface area (Å²) in [4.78, 5) is 16.4. The van der Waals surface area contributed by atoms with E-state index in [1.54, 1.807) is 18.2 Å². The van der Waals surface area contributed by atoms with Crippen molar-refractivity contribution in [1.29, 1.82) is 0 Å². The van der Waals surface area contributed by atoms with Gasteiger partial charge >= 0.3 is 0 Å². The van der Waals surface area contributed by atoms with Crippen LogP contribution in [-0.2, 0) is 27.5 Å². The van der Waals surface area contributed by atoms with Crippen LogP contribution in [0.4, 0.5) is 8.78 Å². The van der Waals surface area contributed by atoms with Gasteiger partial charge in [-0.2, -0.15) is 0 Å². The molecule has 0 aliphatic heterocycles. The minimum atomic E-state index is -4.85. The van der Waals surface area contributed by atoms with Gasteiger partial charge in [0.15, 0.2) is 0 Å². The summed E-state index contributed by atoms with van der Waals surface area (Å²) in [5, 5.41) is -1.99. The third-order valence-corrected chi connectivity index (χ3v) is 7.98. The molecule has 1 aromatic heterocycles. The van der Waals surface area contributed by atoms with Crippen molar-refractivity contribution in [2.75, 3.05) is 14.1 Å². The topological polar surface area (TPSA) is 70.2 Å². The number of hydrogen-bond donors (Lipinski definition) is 1. The maximum Gasteiger partial charge on any atom is 0.295 e. The van der Waals surface area contributed by atoms with Crippen molar-refractivity contribution in [3.63, 3.8) is 0 Å². The number of hydrogen-bond acceptors (Lipinski definition) is 3. The number of nitrogens with zero attached hydrogens (tertiary/aromatic N) is 1. The largest absolute Gasteiger partial charge is 0.358 e. The summed E-state index contributed by atoms with van der Waals surface area (Å²) in [5.41, 5.74) is 2.21. The normalized spacial score (nSPS) is 18.2. The summed E-state index contributed by atoms with van der Waals surface area (Å²) in [5.74, 6) is -3.19. The first-order valence-electron chi connectivity index (χ1n) is 9.25. The van der Waals surface area contributed by atoms with Gasteiger partial charge in [0, 0.05) is 41.6 Å². The lowest BCUT2D eigenvalue weighted by molar-refractivity contribution is -0.138. The fraction of sp³-hybridized carbons (Fsp3) is 0.286. The molecule has 2 atom stereocenters. The Kier molecular flexibility index (Phi) is 4.90. The van der Waals surface area contributed by atoms with Crippen LogP contribution in [0.5, 0.6) is 0 Å². The Hall–Kier alpha value is -2.45.